The van der Waals surface area contributed by atoms with E-state index in [1.807, 2.05) is 25.1 Å². The van der Waals surface area contributed by atoms with E-state index in [9.17, 15) is 4.79 Å². The predicted octanol–water partition coefficient (Wildman–Crippen LogP) is 5.55. The van der Waals surface area contributed by atoms with Gasteiger partial charge in [-0.1, -0.05) is 56.7 Å². The maximum absolute atomic E-state index is 13.1. The molecular weight excluding hydrogens is 350 g/mol. The van der Waals surface area contributed by atoms with Gasteiger partial charge in [-0.05, 0) is 37.1 Å². The summed E-state index contributed by atoms with van der Waals surface area (Å²) in [5.74, 6) is 0.676. The summed E-state index contributed by atoms with van der Waals surface area (Å²) in [6, 6.07) is 7.34. The SMILES string of the molecule is CCCCCCCCN1C(=O)c2cc(Cl)nnc2Oc2ccc(C)cc21. The van der Waals surface area contributed by atoms with Crippen LogP contribution in [0.2, 0.25) is 5.15 Å². The van der Waals surface area contributed by atoms with Crippen LogP contribution in [-0.2, 0) is 0 Å². The van der Waals surface area contributed by atoms with Gasteiger partial charge in [0.2, 0.25) is 0 Å². The van der Waals surface area contributed by atoms with Gasteiger partial charge in [0.05, 0.1) is 5.69 Å². The maximum Gasteiger partial charge on any atom is 0.264 e. The standard InChI is InChI=1S/C20H24ClN3O2/c1-3-4-5-6-7-8-11-24-16-12-14(2)9-10-17(16)26-19-15(20(24)25)13-18(21)22-23-19/h9-10,12-13H,3-8,11H2,1-2H3. The normalized spacial score (nSPS) is 13.0. The van der Waals surface area contributed by atoms with Crippen LogP contribution in [0.5, 0.6) is 11.6 Å². The number of amides is 1. The zero-order valence-electron chi connectivity index (χ0n) is 15.3. The van der Waals surface area contributed by atoms with Crippen molar-refractivity contribution in [2.75, 3.05) is 11.4 Å². The van der Waals surface area contributed by atoms with Gasteiger partial charge in [-0.2, -0.15) is 0 Å². The molecule has 0 radical (unpaired) electrons. The number of ether oxygens (including phenoxy) is 1. The molecule has 2 aromatic rings. The van der Waals surface area contributed by atoms with Crippen LogP contribution < -0.4 is 9.64 Å². The number of aromatic nitrogens is 2. The summed E-state index contributed by atoms with van der Waals surface area (Å²) >= 11 is 5.95. The number of fused-ring (bicyclic) bond motifs is 2. The summed E-state index contributed by atoms with van der Waals surface area (Å²) in [6.07, 6.45) is 6.99. The highest BCUT2D eigenvalue weighted by atomic mass is 35.5. The Morgan fingerprint density at radius 3 is 2.65 bits per heavy atom. The lowest BCUT2D eigenvalue weighted by Crippen LogP contribution is -2.31. The van der Waals surface area contributed by atoms with Crippen LogP contribution >= 0.6 is 11.6 Å². The summed E-state index contributed by atoms with van der Waals surface area (Å²) in [7, 11) is 0. The van der Waals surface area contributed by atoms with Crippen LogP contribution in [0.3, 0.4) is 0 Å². The maximum atomic E-state index is 13.1. The Balaban J connectivity index is 1.85. The Hall–Kier alpha value is -2.14. The number of halogens is 1. The highest BCUT2D eigenvalue weighted by Gasteiger charge is 2.29. The second kappa shape index (κ2) is 8.49. The summed E-state index contributed by atoms with van der Waals surface area (Å²) < 4.78 is 5.88. The fraction of sp³-hybridized carbons (Fsp3) is 0.450. The topological polar surface area (TPSA) is 55.3 Å². The van der Waals surface area contributed by atoms with Gasteiger partial charge in [-0.3, -0.25) is 4.79 Å². The third-order valence-electron chi connectivity index (χ3n) is 4.55. The monoisotopic (exact) mass is 373 g/mol. The molecule has 0 aliphatic carbocycles. The summed E-state index contributed by atoms with van der Waals surface area (Å²) in [5.41, 5.74) is 2.20. The van der Waals surface area contributed by atoms with Gasteiger partial charge in [0.1, 0.15) is 5.56 Å². The Bertz CT molecular complexity index is 795. The number of benzene rings is 1. The molecule has 26 heavy (non-hydrogen) atoms. The molecule has 0 saturated heterocycles. The zero-order chi connectivity index (χ0) is 18.5. The molecule has 138 valence electrons. The lowest BCUT2D eigenvalue weighted by molar-refractivity contribution is 0.0986. The Kier molecular flexibility index (Phi) is 6.09. The highest BCUT2D eigenvalue weighted by molar-refractivity contribution is 6.29. The molecule has 0 spiro atoms. The first-order chi connectivity index (χ1) is 12.6. The number of hydrogen-bond donors (Lipinski definition) is 0. The first-order valence-corrected chi connectivity index (χ1v) is 9.61. The summed E-state index contributed by atoms with van der Waals surface area (Å²) in [6.45, 7) is 4.85. The molecule has 0 fully saturated rings. The molecule has 1 aromatic heterocycles. The van der Waals surface area contributed by atoms with Crippen molar-refractivity contribution in [1.82, 2.24) is 10.2 Å². The molecule has 1 amide bonds. The highest BCUT2D eigenvalue weighted by Crippen LogP contribution is 2.38. The molecular formula is C20H24ClN3O2. The molecule has 0 saturated carbocycles. The molecule has 2 heterocycles. The number of rotatable bonds is 7. The zero-order valence-corrected chi connectivity index (χ0v) is 16.1. The van der Waals surface area contributed by atoms with Gasteiger partial charge in [0, 0.05) is 6.54 Å². The van der Waals surface area contributed by atoms with Crippen LogP contribution in [0.25, 0.3) is 0 Å². The molecule has 3 rings (SSSR count). The number of unbranched alkanes of at least 4 members (excludes halogenated alkanes) is 5. The second-order valence-corrected chi connectivity index (χ2v) is 7.07. The van der Waals surface area contributed by atoms with E-state index in [-0.39, 0.29) is 16.9 Å². The lowest BCUT2D eigenvalue weighted by atomic mass is 10.1. The van der Waals surface area contributed by atoms with E-state index in [0.29, 0.717) is 17.9 Å². The number of aryl methyl sites for hydroxylation is 1. The second-order valence-electron chi connectivity index (χ2n) is 6.68. The molecule has 0 bridgehead atoms. The van der Waals surface area contributed by atoms with Crippen LogP contribution in [0.4, 0.5) is 5.69 Å². The van der Waals surface area contributed by atoms with E-state index in [2.05, 4.69) is 17.1 Å². The third kappa shape index (κ3) is 4.15. The van der Waals surface area contributed by atoms with Crippen molar-refractivity contribution < 1.29 is 9.53 Å². The Morgan fingerprint density at radius 1 is 1.08 bits per heavy atom. The number of nitrogens with zero attached hydrogens (tertiary/aromatic N) is 3. The fourth-order valence-electron chi connectivity index (χ4n) is 3.14. The van der Waals surface area contributed by atoms with Gasteiger partial charge >= 0.3 is 0 Å². The average Bonchev–Trinajstić information content (AvgIpc) is 2.73. The minimum absolute atomic E-state index is 0.144. The number of hydrogen-bond acceptors (Lipinski definition) is 4. The lowest BCUT2D eigenvalue weighted by Gasteiger charge is -2.22. The smallest absolute Gasteiger partial charge is 0.264 e. The largest absolute Gasteiger partial charge is 0.435 e. The van der Waals surface area contributed by atoms with Crippen LogP contribution in [0, 0.1) is 6.92 Å². The summed E-state index contributed by atoms with van der Waals surface area (Å²) in [5, 5.41) is 7.95. The molecule has 6 heteroatoms. The van der Waals surface area contributed by atoms with Crippen molar-refractivity contribution in [3.05, 3.63) is 40.5 Å². The number of carbonyl (C=O) groups is 1. The quantitative estimate of drug-likeness (QED) is 0.597. The molecule has 0 N–H and O–H groups in total. The van der Waals surface area contributed by atoms with E-state index in [0.717, 1.165) is 24.1 Å². The number of anilines is 1. The molecule has 1 aliphatic rings. The van der Waals surface area contributed by atoms with Crippen LogP contribution in [0.1, 0.15) is 61.4 Å². The van der Waals surface area contributed by atoms with Crippen molar-refractivity contribution in [1.29, 1.82) is 0 Å². The van der Waals surface area contributed by atoms with E-state index >= 15 is 0 Å². The van der Waals surface area contributed by atoms with Gasteiger partial charge < -0.3 is 9.64 Å². The van der Waals surface area contributed by atoms with E-state index in [1.54, 1.807) is 4.90 Å². The van der Waals surface area contributed by atoms with Gasteiger partial charge in [0.25, 0.3) is 11.8 Å². The minimum Gasteiger partial charge on any atom is -0.435 e. The molecule has 0 unspecified atom stereocenters. The predicted molar refractivity (Wildman–Crippen MR) is 103 cm³/mol. The van der Waals surface area contributed by atoms with Crippen molar-refractivity contribution in [2.45, 2.75) is 52.4 Å². The molecule has 5 nitrogen and oxygen atoms in total. The van der Waals surface area contributed by atoms with Crippen molar-refractivity contribution in [2.24, 2.45) is 0 Å². The average molecular weight is 374 g/mol. The molecule has 1 aliphatic heterocycles. The number of carbonyl (C=O) groups excluding carboxylic acids is 1. The molecule has 0 atom stereocenters. The first kappa shape index (κ1) is 18.6. The first-order valence-electron chi connectivity index (χ1n) is 9.23. The van der Waals surface area contributed by atoms with Gasteiger partial charge in [-0.15, -0.1) is 10.2 Å². The van der Waals surface area contributed by atoms with E-state index < -0.39 is 0 Å². The molecule has 1 aromatic carbocycles. The third-order valence-corrected chi connectivity index (χ3v) is 4.74. The van der Waals surface area contributed by atoms with Crippen molar-refractivity contribution >= 4 is 23.2 Å². The Labute approximate surface area is 159 Å². The van der Waals surface area contributed by atoms with Crippen LogP contribution in [0.15, 0.2) is 24.3 Å². The fourth-order valence-corrected chi connectivity index (χ4v) is 3.29. The van der Waals surface area contributed by atoms with E-state index in [4.69, 9.17) is 16.3 Å². The van der Waals surface area contributed by atoms with Crippen LogP contribution in [-0.4, -0.2) is 22.6 Å². The van der Waals surface area contributed by atoms with Gasteiger partial charge in [-0.25, -0.2) is 0 Å². The van der Waals surface area contributed by atoms with Crippen molar-refractivity contribution in [3.8, 4) is 11.6 Å². The Morgan fingerprint density at radius 2 is 1.85 bits per heavy atom. The van der Waals surface area contributed by atoms with Crippen molar-refractivity contribution in [3.63, 3.8) is 0 Å². The van der Waals surface area contributed by atoms with E-state index in [1.165, 1.54) is 31.7 Å². The summed E-state index contributed by atoms with van der Waals surface area (Å²) in [4.78, 5) is 14.9. The van der Waals surface area contributed by atoms with Gasteiger partial charge in [0.15, 0.2) is 10.9 Å². The minimum atomic E-state index is -0.144.